The minimum absolute atomic E-state index is 0.105. The van der Waals surface area contributed by atoms with Gasteiger partial charge in [-0.25, -0.2) is 0 Å². The van der Waals surface area contributed by atoms with Gasteiger partial charge in [0.1, 0.15) is 0 Å². The molecule has 0 spiro atoms. The summed E-state index contributed by atoms with van der Waals surface area (Å²) in [6.45, 7) is 6.58. The number of likely N-dealkylation sites (N-methyl/N-ethyl adjacent to an activating group) is 1. The first-order valence-corrected chi connectivity index (χ1v) is 6.81. The number of hydrogen-bond acceptors (Lipinski definition) is 3. The SMILES string of the molecule is CC(=O)N(C)Cc1ccccc1N1CCN(C)CC1. The summed E-state index contributed by atoms with van der Waals surface area (Å²) < 4.78 is 0. The van der Waals surface area contributed by atoms with Gasteiger partial charge in [-0.15, -0.1) is 0 Å². The molecule has 0 aromatic heterocycles. The van der Waals surface area contributed by atoms with Gasteiger partial charge in [-0.3, -0.25) is 4.79 Å². The van der Waals surface area contributed by atoms with Crippen molar-refractivity contribution in [2.24, 2.45) is 0 Å². The lowest BCUT2D eigenvalue weighted by Gasteiger charge is -2.35. The van der Waals surface area contributed by atoms with Crippen LogP contribution in [0.5, 0.6) is 0 Å². The van der Waals surface area contributed by atoms with Crippen molar-refractivity contribution in [1.82, 2.24) is 9.80 Å². The quantitative estimate of drug-likeness (QED) is 0.823. The van der Waals surface area contributed by atoms with E-state index in [1.807, 2.05) is 13.1 Å². The lowest BCUT2D eigenvalue weighted by Crippen LogP contribution is -2.45. The zero-order chi connectivity index (χ0) is 13.8. The Morgan fingerprint density at radius 3 is 2.47 bits per heavy atom. The minimum Gasteiger partial charge on any atom is -0.369 e. The number of piperazine rings is 1. The van der Waals surface area contributed by atoms with E-state index < -0.39 is 0 Å². The largest absolute Gasteiger partial charge is 0.369 e. The number of rotatable bonds is 3. The van der Waals surface area contributed by atoms with E-state index in [-0.39, 0.29) is 5.91 Å². The van der Waals surface area contributed by atoms with Crippen LogP contribution in [0.4, 0.5) is 5.69 Å². The molecule has 0 bridgehead atoms. The lowest BCUT2D eigenvalue weighted by molar-refractivity contribution is -0.128. The molecule has 0 radical (unpaired) electrons. The van der Waals surface area contributed by atoms with Crippen molar-refractivity contribution in [3.05, 3.63) is 29.8 Å². The normalized spacial score (nSPS) is 16.5. The molecule has 2 rings (SSSR count). The molecule has 1 aliphatic heterocycles. The van der Waals surface area contributed by atoms with Crippen LogP contribution in [-0.4, -0.2) is 56.0 Å². The maximum absolute atomic E-state index is 11.4. The van der Waals surface area contributed by atoms with Gasteiger partial charge in [-0.05, 0) is 18.7 Å². The Hall–Kier alpha value is -1.55. The Morgan fingerprint density at radius 2 is 1.84 bits per heavy atom. The van der Waals surface area contributed by atoms with Crippen LogP contribution in [0.2, 0.25) is 0 Å². The fraction of sp³-hybridized carbons (Fsp3) is 0.533. The van der Waals surface area contributed by atoms with Gasteiger partial charge in [0, 0.05) is 52.4 Å². The molecule has 1 fully saturated rings. The monoisotopic (exact) mass is 261 g/mol. The first-order valence-electron chi connectivity index (χ1n) is 6.81. The Kier molecular flexibility index (Phi) is 4.43. The van der Waals surface area contributed by atoms with Crippen molar-refractivity contribution in [2.45, 2.75) is 13.5 Å². The second-order valence-corrected chi connectivity index (χ2v) is 5.29. The highest BCUT2D eigenvalue weighted by Crippen LogP contribution is 2.22. The van der Waals surface area contributed by atoms with Gasteiger partial charge < -0.3 is 14.7 Å². The van der Waals surface area contributed by atoms with Crippen LogP contribution in [0.25, 0.3) is 0 Å². The standard InChI is InChI=1S/C15H23N3O/c1-13(19)17(3)12-14-6-4-5-7-15(14)18-10-8-16(2)9-11-18/h4-7H,8-12H2,1-3H3. The molecule has 0 aliphatic carbocycles. The van der Waals surface area contributed by atoms with E-state index in [9.17, 15) is 4.79 Å². The van der Waals surface area contributed by atoms with Gasteiger partial charge >= 0.3 is 0 Å². The average molecular weight is 261 g/mol. The zero-order valence-corrected chi connectivity index (χ0v) is 12.1. The summed E-state index contributed by atoms with van der Waals surface area (Å²) in [6, 6.07) is 8.40. The summed E-state index contributed by atoms with van der Waals surface area (Å²) in [4.78, 5) is 17.9. The lowest BCUT2D eigenvalue weighted by atomic mass is 10.1. The predicted octanol–water partition coefficient (Wildman–Crippen LogP) is 1.42. The summed E-state index contributed by atoms with van der Waals surface area (Å²) in [5.41, 5.74) is 2.49. The molecule has 0 N–H and O–H groups in total. The van der Waals surface area contributed by atoms with Gasteiger partial charge in [-0.2, -0.15) is 0 Å². The summed E-state index contributed by atoms with van der Waals surface area (Å²) >= 11 is 0. The van der Waals surface area contributed by atoms with E-state index in [1.54, 1.807) is 11.8 Å². The first-order chi connectivity index (χ1) is 9.08. The highest BCUT2D eigenvalue weighted by molar-refractivity contribution is 5.73. The number of carbonyl (C=O) groups is 1. The Bertz CT molecular complexity index is 439. The molecule has 4 heteroatoms. The third-order valence-electron chi connectivity index (χ3n) is 3.78. The number of hydrogen-bond donors (Lipinski definition) is 0. The fourth-order valence-electron chi connectivity index (χ4n) is 2.37. The fourth-order valence-corrected chi connectivity index (χ4v) is 2.37. The minimum atomic E-state index is 0.105. The Balaban J connectivity index is 2.14. The average Bonchev–Trinajstić information content (AvgIpc) is 2.40. The summed E-state index contributed by atoms with van der Waals surface area (Å²) in [5, 5.41) is 0. The molecular formula is C15H23N3O. The van der Waals surface area contributed by atoms with Gasteiger partial charge in [0.2, 0.25) is 5.91 Å². The number of para-hydroxylation sites is 1. The van der Waals surface area contributed by atoms with E-state index in [0.717, 1.165) is 26.2 Å². The highest BCUT2D eigenvalue weighted by atomic mass is 16.2. The van der Waals surface area contributed by atoms with Crippen LogP contribution in [0.15, 0.2) is 24.3 Å². The van der Waals surface area contributed by atoms with Crippen molar-refractivity contribution in [3.8, 4) is 0 Å². The molecule has 0 saturated carbocycles. The number of carbonyl (C=O) groups excluding carboxylic acids is 1. The summed E-state index contributed by atoms with van der Waals surface area (Å²) in [7, 11) is 4.01. The second-order valence-electron chi connectivity index (χ2n) is 5.29. The predicted molar refractivity (Wildman–Crippen MR) is 78.3 cm³/mol. The van der Waals surface area contributed by atoms with Gasteiger partial charge in [0.05, 0.1) is 0 Å². The molecular weight excluding hydrogens is 238 g/mol. The van der Waals surface area contributed by atoms with Crippen LogP contribution in [-0.2, 0) is 11.3 Å². The van der Waals surface area contributed by atoms with Crippen molar-refractivity contribution in [3.63, 3.8) is 0 Å². The van der Waals surface area contributed by atoms with Gasteiger partial charge in [0.15, 0.2) is 0 Å². The number of anilines is 1. The van der Waals surface area contributed by atoms with Gasteiger partial charge in [0.25, 0.3) is 0 Å². The second kappa shape index (κ2) is 6.06. The third kappa shape index (κ3) is 3.47. The van der Waals surface area contributed by atoms with Crippen LogP contribution in [0.1, 0.15) is 12.5 Å². The van der Waals surface area contributed by atoms with Crippen LogP contribution >= 0.6 is 0 Å². The molecule has 1 aliphatic rings. The first kappa shape index (κ1) is 13.9. The molecule has 4 nitrogen and oxygen atoms in total. The number of benzene rings is 1. The summed E-state index contributed by atoms with van der Waals surface area (Å²) in [6.07, 6.45) is 0. The highest BCUT2D eigenvalue weighted by Gasteiger charge is 2.17. The molecule has 1 aromatic rings. The van der Waals surface area contributed by atoms with Gasteiger partial charge in [-0.1, -0.05) is 18.2 Å². The molecule has 1 aromatic carbocycles. The molecule has 1 saturated heterocycles. The van der Waals surface area contributed by atoms with E-state index in [4.69, 9.17) is 0 Å². The zero-order valence-electron chi connectivity index (χ0n) is 12.1. The number of amides is 1. The molecule has 0 unspecified atom stereocenters. The van der Waals surface area contributed by atoms with E-state index in [0.29, 0.717) is 6.54 Å². The topological polar surface area (TPSA) is 26.8 Å². The summed E-state index contributed by atoms with van der Waals surface area (Å²) in [5.74, 6) is 0.105. The molecule has 19 heavy (non-hydrogen) atoms. The smallest absolute Gasteiger partial charge is 0.219 e. The maximum atomic E-state index is 11.4. The number of nitrogens with zero attached hydrogens (tertiary/aromatic N) is 3. The van der Waals surface area contributed by atoms with Crippen molar-refractivity contribution < 1.29 is 4.79 Å². The van der Waals surface area contributed by atoms with Crippen molar-refractivity contribution in [2.75, 3.05) is 45.2 Å². The molecule has 0 atom stereocenters. The Morgan fingerprint density at radius 1 is 1.21 bits per heavy atom. The van der Waals surface area contributed by atoms with Crippen LogP contribution in [0, 0.1) is 0 Å². The van der Waals surface area contributed by atoms with E-state index in [1.165, 1.54) is 11.3 Å². The van der Waals surface area contributed by atoms with Crippen molar-refractivity contribution >= 4 is 11.6 Å². The third-order valence-corrected chi connectivity index (χ3v) is 3.78. The van der Waals surface area contributed by atoms with Crippen molar-refractivity contribution in [1.29, 1.82) is 0 Å². The van der Waals surface area contributed by atoms with Crippen LogP contribution in [0.3, 0.4) is 0 Å². The molecule has 104 valence electrons. The van der Waals surface area contributed by atoms with Crippen LogP contribution < -0.4 is 4.90 Å². The van der Waals surface area contributed by atoms with E-state index in [2.05, 4.69) is 35.0 Å². The Labute approximate surface area is 115 Å². The molecule has 1 heterocycles. The maximum Gasteiger partial charge on any atom is 0.219 e. The molecule has 1 amide bonds. The van der Waals surface area contributed by atoms with E-state index >= 15 is 0 Å².